The Kier molecular flexibility index (Phi) is 5.86. The number of carbonyl (C=O) groups is 1. The van der Waals surface area contributed by atoms with Gasteiger partial charge in [0.25, 0.3) is 0 Å². The average molecular weight is 357 g/mol. The first-order chi connectivity index (χ1) is 11.7. The normalized spacial score (nSPS) is 13.4. The first-order valence-corrected chi connectivity index (χ1v) is 11.5. The minimum atomic E-state index is -2.11. The highest BCUT2D eigenvalue weighted by Gasteiger charge is 2.41. The molecule has 0 saturated carbocycles. The molecule has 0 heterocycles. The molecule has 3 nitrogen and oxygen atoms in total. The Hall–Kier alpha value is -1.91. The zero-order valence-corrected chi connectivity index (χ0v) is 17.0. The van der Waals surface area contributed by atoms with E-state index in [1.807, 2.05) is 42.5 Å². The molecule has 134 valence electrons. The molecule has 2 rings (SSSR count). The Morgan fingerprint density at radius 3 is 1.92 bits per heavy atom. The molecule has 0 aliphatic carbocycles. The molecule has 0 unspecified atom stereocenters. The highest BCUT2D eigenvalue weighted by Crippen LogP contribution is 2.40. The fourth-order valence-electron chi connectivity index (χ4n) is 2.31. The van der Waals surface area contributed by atoms with E-state index in [9.17, 15) is 4.79 Å². The SMILES string of the molecule is COC(=O)[C@H](O[Si](C)(C)C(C)(C)C)c1ccc(-c2ccccc2)cc1. The van der Waals surface area contributed by atoms with Crippen LogP contribution in [0, 0.1) is 0 Å². The summed E-state index contributed by atoms with van der Waals surface area (Å²) in [6.45, 7) is 10.8. The van der Waals surface area contributed by atoms with Gasteiger partial charge >= 0.3 is 5.97 Å². The monoisotopic (exact) mass is 356 g/mol. The van der Waals surface area contributed by atoms with E-state index in [4.69, 9.17) is 9.16 Å². The maximum absolute atomic E-state index is 12.3. The molecule has 0 bridgehead atoms. The van der Waals surface area contributed by atoms with E-state index in [0.717, 1.165) is 16.7 Å². The molecule has 4 heteroatoms. The Morgan fingerprint density at radius 1 is 0.920 bits per heavy atom. The van der Waals surface area contributed by atoms with Crippen molar-refractivity contribution in [2.24, 2.45) is 0 Å². The fraction of sp³-hybridized carbons (Fsp3) is 0.381. The van der Waals surface area contributed by atoms with Gasteiger partial charge in [-0.05, 0) is 34.8 Å². The summed E-state index contributed by atoms with van der Waals surface area (Å²) in [7, 11) is -0.703. The van der Waals surface area contributed by atoms with E-state index < -0.39 is 14.4 Å². The molecule has 2 aromatic carbocycles. The van der Waals surface area contributed by atoms with Crippen molar-refractivity contribution in [2.45, 2.75) is 45.0 Å². The Labute approximate surface area is 152 Å². The van der Waals surface area contributed by atoms with Crippen molar-refractivity contribution < 1.29 is 14.0 Å². The Morgan fingerprint density at radius 2 is 1.44 bits per heavy atom. The topological polar surface area (TPSA) is 35.5 Å². The molecule has 0 spiro atoms. The summed E-state index contributed by atoms with van der Waals surface area (Å²) in [4.78, 5) is 12.3. The van der Waals surface area contributed by atoms with Gasteiger partial charge in [0.1, 0.15) is 0 Å². The lowest BCUT2D eigenvalue weighted by molar-refractivity contribution is -0.149. The molecule has 1 atom stereocenters. The van der Waals surface area contributed by atoms with Crippen LogP contribution in [0.1, 0.15) is 32.4 Å². The largest absolute Gasteiger partial charge is 0.467 e. The third-order valence-electron chi connectivity index (χ3n) is 4.95. The zero-order chi connectivity index (χ0) is 18.7. The van der Waals surface area contributed by atoms with Gasteiger partial charge in [0.15, 0.2) is 14.4 Å². The van der Waals surface area contributed by atoms with Crippen LogP contribution in [0.25, 0.3) is 11.1 Å². The lowest BCUT2D eigenvalue weighted by atomic mass is 10.0. The number of hydrogen-bond donors (Lipinski definition) is 0. The summed E-state index contributed by atoms with van der Waals surface area (Å²) >= 11 is 0. The van der Waals surface area contributed by atoms with Crippen molar-refractivity contribution in [3.63, 3.8) is 0 Å². The molecule has 0 N–H and O–H groups in total. The van der Waals surface area contributed by atoms with Crippen LogP contribution in [0.3, 0.4) is 0 Å². The molecular formula is C21H28O3Si. The summed E-state index contributed by atoms with van der Waals surface area (Å²) in [6.07, 6.45) is -0.685. The van der Waals surface area contributed by atoms with Crippen molar-refractivity contribution in [3.05, 3.63) is 60.2 Å². The molecule has 25 heavy (non-hydrogen) atoms. The lowest BCUT2D eigenvalue weighted by Gasteiger charge is -2.38. The van der Waals surface area contributed by atoms with E-state index in [-0.39, 0.29) is 11.0 Å². The standard InChI is InChI=1S/C21H28O3Si/c1-21(2,3)25(5,6)24-19(20(22)23-4)18-14-12-17(13-15-18)16-10-8-7-9-11-16/h7-15,19H,1-6H3/t19-/m1/s1. The van der Waals surface area contributed by atoms with E-state index in [1.54, 1.807) is 0 Å². The lowest BCUT2D eigenvalue weighted by Crippen LogP contribution is -2.43. The van der Waals surface area contributed by atoms with Gasteiger partial charge in [0.05, 0.1) is 7.11 Å². The number of methoxy groups -OCH3 is 1. The van der Waals surface area contributed by atoms with Crippen LogP contribution in [0.2, 0.25) is 18.1 Å². The fourth-order valence-corrected chi connectivity index (χ4v) is 3.49. The number of ether oxygens (including phenoxy) is 1. The van der Waals surface area contributed by atoms with Crippen LogP contribution in [0.15, 0.2) is 54.6 Å². The van der Waals surface area contributed by atoms with Crippen LogP contribution in [-0.4, -0.2) is 21.4 Å². The van der Waals surface area contributed by atoms with Crippen LogP contribution in [-0.2, 0) is 14.0 Å². The zero-order valence-electron chi connectivity index (χ0n) is 16.0. The van der Waals surface area contributed by atoms with E-state index in [2.05, 4.69) is 46.0 Å². The second kappa shape index (κ2) is 7.54. The number of carbonyl (C=O) groups excluding carboxylic acids is 1. The Balaban J connectivity index is 2.31. The second-order valence-electron chi connectivity index (χ2n) is 7.77. The van der Waals surface area contributed by atoms with E-state index in [1.165, 1.54) is 7.11 Å². The predicted octanol–water partition coefficient (Wildman–Crippen LogP) is 5.59. The minimum Gasteiger partial charge on any atom is -0.467 e. The number of rotatable bonds is 5. The molecule has 2 aromatic rings. The predicted molar refractivity (Wildman–Crippen MR) is 105 cm³/mol. The average Bonchev–Trinajstić information content (AvgIpc) is 2.59. The van der Waals surface area contributed by atoms with Gasteiger partial charge in [-0.15, -0.1) is 0 Å². The van der Waals surface area contributed by atoms with Crippen LogP contribution in [0.4, 0.5) is 0 Å². The van der Waals surface area contributed by atoms with Gasteiger partial charge in [-0.1, -0.05) is 75.4 Å². The summed E-state index contributed by atoms with van der Waals surface area (Å²) in [5.74, 6) is -0.350. The van der Waals surface area contributed by atoms with Crippen molar-refractivity contribution in [3.8, 4) is 11.1 Å². The number of hydrogen-bond acceptors (Lipinski definition) is 3. The van der Waals surface area contributed by atoms with Gasteiger partial charge in [-0.3, -0.25) is 0 Å². The first kappa shape index (κ1) is 19.4. The molecule has 0 fully saturated rings. The van der Waals surface area contributed by atoms with E-state index in [0.29, 0.717) is 0 Å². The summed E-state index contributed by atoms with van der Waals surface area (Å²) in [5.41, 5.74) is 3.09. The maximum Gasteiger partial charge on any atom is 0.338 e. The second-order valence-corrected chi connectivity index (χ2v) is 12.5. The van der Waals surface area contributed by atoms with Crippen LogP contribution >= 0.6 is 0 Å². The molecular weight excluding hydrogens is 328 g/mol. The van der Waals surface area contributed by atoms with Crippen molar-refractivity contribution in [1.29, 1.82) is 0 Å². The van der Waals surface area contributed by atoms with Gasteiger partial charge < -0.3 is 9.16 Å². The minimum absolute atomic E-state index is 0.0171. The van der Waals surface area contributed by atoms with Gasteiger partial charge in [0, 0.05) is 0 Å². The molecule has 0 saturated heterocycles. The summed E-state index contributed by atoms with van der Waals surface area (Å²) in [6, 6.07) is 18.1. The van der Waals surface area contributed by atoms with Crippen molar-refractivity contribution >= 4 is 14.3 Å². The number of benzene rings is 2. The third-order valence-corrected chi connectivity index (χ3v) is 9.39. The van der Waals surface area contributed by atoms with Crippen molar-refractivity contribution in [2.75, 3.05) is 7.11 Å². The number of esters is 1. The van der Waals surface area contributed by atoms with Crippen LogP contribution < -0.4 is 0 Å². The summed E-state index contributed by atoms with van der Waals surface area (Å²) in [5, 5.41) is 0.0171. The van der Waals surface area contributed by atoms with Crippen LogP contribution in [0.5, 0.6) is 0 Å². The Bertz CT molecular complexity index is 700. The molecule has 0 aliphatic rings. The molecule has 0 amide bonds. The van der Waals surface area contributed by atoms with Gasteiger partial charge in [-0.2, -0.15) is 0 Å². The quantitative estimate of drug-likeness (QED) is 0.517. The highest BCUT2D eigenvalue weighted by molar-refractivity contribution is 6.74. The van der Waals surface area contributed by atoms with E-state index >= 15 is 0 Å². The molecule has 0 aliphatic heterocycles. The smallest absolute Gasteiger partial charge is 0.338 e. The third kappa shape index (κ3) is 4.59. The summed E-state index contributed by atoms with van der Waals surface area (Å²) < 4.78 is 11.3. The first-order valence-electron chi connectivity index (χ1n) is 8.57. The maximum atomic E-state index is 12.3. The van der Waals surface area contributed by atoms with Crippen molar-refractivity contribution in [1.82, 2.24) is 0 Å². The van der Waals surface area contributed by atoms with Gasteiger partial charge in [-0.25, -0.2) is 4.79 Å². The highest BCUT2D eigenvalue weighted by atomic mass is 28.4. The molecule has 0 radical (unpaired) electrons. The van der Waals surface area contributed by atoms with Gasteiger partial charge in [0.2, 0.25) is 0 Å². The molecule has 0 aromatic heterocycles.